The molecule has 1 aromatic carbocycles. The Morgan fingerprint density at radius 2 is 1.86 bits per heavy atom. The third-order valence-electron chi connectivity index (χ3n) is 2.74. The minimum Gasteiger partial charge on any atom is -0.493 e. The lowest BCUT2D eigenvalue weighted by Gasteiger charge is -2.19. The molecule has 1 rings (SSSR count). The molecule has 0 saturated heterocycles. The Hall–Kier alpha value is -1.60. The van der Waals surface area contributed by atoms with Crippen LogP contribution in [-0.4, -0.2) is 44.0 Å². The van der Waals surface area contributed by atoms with Crippen LogP contribution in [0.1, 0.15) is 20.3 Å². The van der Waals surface area contributed by atoms with Gasteiger partial charge in [0.15, 0.2) is 0 Å². The maximum Gasteiger partial charge on any atom is 0.306 e. The topological polar surface area (TPSA) is 83.9 Å². The summed E-state index contributed by atoms with van der Waals surface area (Å²) in [4.78, 5) is 10.6. The van der Waals surface area contributed by atoms with Crippen molar-refractivity contribution < 1.29 is 23.1 Å². The number of carbonyl (C=O) groups is 1. The molecule has 0 unspecified atom stereocenters. The largest absolute Gasteiger partial charge is 0.493 e. The summed E-state index contributed by atoms with van der Waals surface area (Å²) in [7, 11) is -1.95. The molecule has 0 aromatic heterocycles. The zero-order valence-corrected chi connectivity index (χ0v) is 13.3. The number of ether oxygens (including phenoxy) is 1. The van der Waals surface area contributed by atoms with Gasteiger partial charge in [0.05, 0.1) is 17.9 Å². The van der Waals surface area contributed by atoms with E-state index in [-0.39, 0.29) is 23.8 Å². The molecule has 6 nitrogen and oxygen atoms in total. The summed E-state index contributed by atoms with van der Waals surface area (Å²) in [6.07, 6.45) is -0.100. The average molecular weight is 315 g/mol. The lowest BCUT2D eigenvalue weighted by molar-refractivity contribution is -0.137. The molecule has 1 N–H and O–H groups in total. The first-order valence-electron chi connectivity index (χ1n) is 6.64. The molecule has 0 aliphatic carbocycles. The van der Waals surface area contributed by atoms with E-state index in [0.717, 1.165) is 0 Å². The van der Waals surface area contributed by atoms with E-state index in [0.29, 0.717) is 12.3 Å². The highest BCUT2D eigenvalue weighted by Gasteiger charge is 2.21. The Morgan fingerprint density at radius 3 is 2.33 bits per heavy atom. The van der Waals surface area contributed by atoms with E-state index in [1.165, 1.54) is 28.6 Å². The lowest BCUT2D eigenvalue weighted by atomic mass is 10.2. The van der Waals surface area contributed by atoms with E-state index in [2.05, 4.69) is 0 Å². The summed E-state index contributed by atoms with van der Waals surface area (Å²) in [5.41, 5.74) is 0. The molecule has 0 aliphatic heterocycles. The van der Waals surface area contributed by atoms with Crippen molar-refractivity contribution in [3.63, 3.8) is 0 Å². The molecule has 1 aromatic rings. The molecule has 0 heterocycles. The summed E-state index contributed by atoms with van der Waals surface area (Å²) < 4.78 is 31.1. The van der Waals surface area contributed by atoms with Gasteiger partial charge in [-0.2, -0.15) is 0 Å². The SMILES string of the molecule is CC(C)CN(C)S(=O)(=O)c1ccc(OCCC(=O)O)cc1. The zero-order chi connectivity index (χ0) is 16.0. The standard InChI is InChI=1S/C14H21NO5S/c1-11(2)10-15(3)21(18,19)13-6-4-12(5-7-13)20-9-8-14(16)17/h4-7,11H,8-10H2,1-3H3,(H,16,17). The highest BCUT2D eigenvalue weighted by molar-refractivity contribution is 7.89. The molecule has 0 aliphatic rings. The Bertz CT molecular complexity index is 566. The van der Waals surface area contributed by atoms with E-state index < -0.39 is 16.0 Å². The summed E-state index contributed by atoms with van der Waals surface area (Å²) in [6.45, 7) is 4.39. The van der Waals surface area contributed by atoms with Crippen molar-refractivity contribution in [3.05, 3.63) is 24.3 Å². The van der Waals surface area contributed by atoms with E-state index >= 15 is 0 Å². The fourth-order valence-electron chi connectivity index (χ4n) is 1.76. The number of sulfonamides is 1. The highest BCUT2D eigenvalue weighted by atomic mass is 32.2. The van der Waals surface area contributed by atoms with Crippen molar-refractivity contribution in [2.45, 2.75) is 25.2 Å². The Kier molecular flexibility index (Phi) is 6.17. The second kappa shape index (κ2) is 7.42. The maximum atomic E-state index is 12.3. The molecule has 0 fully saturated rings. The van der Waals surface area contributed by atoms with Gasteiger partial charge in [0.25, 0.3) is 0 Å². The number of benzene rings is 1. The fourth-order valence-corrected chi connectivity index (χ4v) is 3.09. The van der Waals surface area contributed by atoms with Gasteiger partial charge >= 0.3 is 5.97 Å². The van der Waals surface area contributed by atoms with Crippen LogP contribution in [0.2, 0.25) is 0 Å². The van der Waals surface area contributed by atoms with Crippen molar-refractivity contribution in [1.82, 2.24) is 4.31 Å². The van der Waals surface area contributed by atoms with Crippen molar-refractivity contribution in [3.8, 4) is 5.75 Å². The van der Waals surface area contributed by atoms with Gasteiger partial charge in [0.2, 0.25) is 10.0 Å². The molecule has 118 valence electrons. The van der Waals surface area contributed by atoms with Crippen LogP contribution in [0.3, 0.4) is 0 Å². The number of hydrogen-bond acceptors (Lipinski definition) is 4. The van der Waals surface area contributed by atoms with E-state index in [9.17, 15) is 13.2 Å². The summed E-state index contributed by atoms with van der Waals surface area (Å²) in [6, 6.07) is 5.97. The van der Waals surface area contributed by atoms with E-state index in [1.54, 1.807) is 7.05 Å². The molecule has 0 bridgehead atoms. The van der Waals surface area contributed by atoms with Gasteiger partial charge in [-0.1, -0.05) is 13.8 Å². The second-order valence-corrected chi connectivity index (χ2v) is 7.19. The third-order valence-corrected chi connectivity index (χ3v) is 4.58. The molecule has 7 heteroatoms. The van der Waals surface area contributed by atoms with Gasteiger partial charge < -0.3 is 9.84 Å². The van der Waals surface area contributed by atoms with Gasteiger partial charge in [-0.05, 0) is 30.2 Å². The predicted molar refractivity (Wildman–Crippen MR) is 78.8 cm³/mol. The minimum atomic E-state index is -3.50. The van der Waals surface area contributed by atoms with Crippen molar-refractivity contribution in [2.75, 3.05) is 20.2 Å². The molecule has 0 saturated carbocycles. The number of nitrogens with zero attached hydrogens (tertiary/aromatic N) is 1. The number of hydrogen-bond donors (Lipinski definition) is 1. The summed E-state index contributed by atoms with van der Waals surface area (Å²) in [5.74, 6) is -0.255. The smallest absolute Gasteiger partial charge is 0.306 e. The van der Waals surface area contributed by atoms with Gasteiger partial charge in [-0.25, -0.2) is 12.7 Å². The second-order valence-electron chi connectivity index (χ2n) is 5.14. The number of carboxylic acids is 1. The van der Waals surface area contributed by atoms with Crippen LogP contribution >= 0.6 is 0 Å². The van der Waals surface area contributed by atoms with E-state index in [1.807, 2.05) is 13.8 Å². The monoisotopic (exact) mass is 315 g/mol. The normalized spacial score (nSPS) is 11.9. The van der Waals surface area contributed by atoms with Crippen LogP contribution < -0.4 is 4.74 Å². The zero-order valence-electron chi connectivity index (χ0n) is 12.4. The van der Waals surface area contributed by atoms with Crippen molar-refractivity contribution in [1.29, 1.82) is 0 Å². The fraction of sp³-hybridized carbons (Fsp3) is 0.500. The molecule has 0 atom stereocenters. The Labute approximate surface area is 125 Å². The van der Waals surface area contributed by atoms with Crippen molar-refractivity contribution >= 4 is 16.0 Å². The molecule has 21 heavy (non-hydrogen) atoms. The third kappa shape index (κ3) is 5.35. The number of carboxylic acid groups (broad SMARTS) is 1. The van der Waals surface area contributed by atoms with E-state index in [4.69, 9.17) is 9.84 Å². The van der Waals surface area contributed by atoms with Gasteiger partial charge in [0.1, 0.15) is 5.75 Å². The molecular formula is C14H21NO5S. The molecule has 0 spiro atoms. The minimum absolute atomic E-state index is 0.0503. The molecular weight excluding hydrogens is 294 g/mol. The van der Waals surface area contributed by atoms with Gasteiger partial charge in [-0.3, -0.25) is 4.79 Å². The highest BCUT2D eigenvalue weighted by Crippen LogP contribution is 2.19. The first kappa shape index (κ1) is 17.5. The van der Waals surface area contributed by atoms with Crippen LogP contribution in [0.15, 0.2) is 29.2 Å². The van der Waals surface area contributed by atoms with Crippen LogP contribution in [0.5, 0.6) is 5.75 Å². The maximum absolute atomic E-state index is 12.3. The first-order valence-corrected chi connectivity index (χ1v) is 8.08. The lowest BCUT2D eigenvalue weighted by Crippen LogP contribution is -2.30. The Morgan fingerprint density at radius 1 is 1.29 bits per heavy atom. The average Bonchev–Trinajstić information content (AvgIpc) is 2.38. The quantitative estimate of drug-likeness (QED) is 0.791. The van der Waals surface area contributed by atoms with Crippen LogP contribution in [0.25, 0.3) is 0 Å². The number of rotatable bonds is 8. The van der Waals surface area contributed by atoms with Crippen LogP contribution in [-0.2, 0) is 14.8 Å². The Balaban J connectivity index is 2.74. The summed E-state index contributed by atoms with van der Waals surface area (Å²) >= 11 is 0. The molecule has 0 radical (unpaired) electrons. The van der Waals surface area contributed by atoms with Gasteiger partial charge in [0, 0.05) is 13.6 Å². The van der Waals surface area contributed by atoms with Gasteiger partial charge in [-0.15, -0.1) is 0 Å². The van der Waals surface area contributed by atoms with Crippen LogP contribution in [0, 0.1) is 5.92 Å². The van der Waals surface area contributed by atoms with Crippen LogP contribution in [0.4, 0.5) is 0 Å². The number of aliphatic carboxylic acids is 1. The first-order chi connectivity index (χ1) is 9.73. The molecule has 0 amide bonds. The summed E-state index contributed by atoms with van der Waals surface area (Å²) in [5, 5.41) is 8.51. The van der Waals surface area contributed by atoms with Crippen molar-refractivity contribution in [2.24, 2.45) is 5.92 Å². The predicted octanol–water partition coefficient (Wildman–Crippen LogP) is 1.82.